The molecule has 2 amide bonds. The number of piperidine rings is 1. The summed E-state index contributed by atoms with van der Waals surface area (Å²) in [6.07, 6.45) is 7.66. The molecular weight excluding hydrogens is 446 g/mol. The van der Waals surface area contributed by atoms with E-state index in [9.17, 15) is 9.59 Å². The molecule has 2 fully saturated rings. The molecule has 1 atom stereocenters. The number of nitrogens with zero attached hydrogens (tertiary/aromatic N) is 2. The molecule has 4 rings (SSSR count). The molecule has 0 aromatic heterocycles. The van der Waals surface area contributed by atoms with E-state index < -0.39 is 11.6 Å². The van der Waals surface area contributed by atoms with Crippen LogP contribution in [0.15, 0.2) is 60.7 Å². The van der Waals surface area contributed by atoms with E-state index in [1.54, 1.807) is 0 Å². The third-order valence-corrected chi connectivity index (χ3v) is 7.95. The number of benzene rings is 2. The van der Waals surface area contributed by atoms with E-state index in [1.165, 1.54) is 30.4 Å². The number of carbonyl (C=O) groups excluding carboxylic acids is 2. The lowest BCUT2D eigenvalue weighted by molar-refractivity contribution is -0.161. The molecule has 0 radical (unpaired) electrons. The predicted octanol–water partition coefficient (Wildman–Crippen LogP) is 4.85. The lowest BCUT2D eigenvalue weighted by Gasteiger charge is -2.52. The van der Waals surface area contributed by atoms with Crippen LogP contribution in [0.3, 0.4) is 0 Å². The van der Waals surface area contributed by atoms with Crippen molar-refractivity contribution in [2.75, 3.05) is 26.2 Å². The number of piperazine rings is 1. The van der Waals surface area contributed by atoms with E-state index in [0.717, 1.165) is 45.3 Å². The highest BCUT2D eigenvalue weighted by atomic mass is 16.2. The molecule has 1 unspecified atom stereocenters. The lowest BCUT2D eigenvalue weighted by Crippen LogP contribution is -2.73. The molecule has 194 valence electrons. The summed E-state index contributed by atoms with van der Waals surface area (Å²) >= 11 is 0. The van der Waals surface area contributed by atoms with Gasteiger partial charge in [-0.3, -0.25) is 9.59 Å². The van der Waals surface area contributed by atoms with Crippen molar-refractivity contribution in [3.05, 3.63) is 71.8 Å². The third kappa shape index (κ3) is 6.56. The van der Waals surface area contributed by atoms with Crippen LogP contribution < -0.4 is 5.32 Å². The topological polar surface area (TPSA) is 52.7 Å². The number of likely N-dealkylation sites (tertiary alicyclic amines) is 1. The van der Waals surface area contributed by atoms with Crippen molar-refractivity contribution in [1.29, 1.82) is 0 Å². The Bertz CT molecular complexity index is 968. The monoisotopic (exact) mass is 489 g/mol. The molecule has 2 aliphatic rings. The van der Waals surface area contributed by atoms with Gasteiger partial charge in [0.1, 0.15) is 11.6 Å². The van der Waals surface area contributed by atoms with Gasteiger partial charge < -0.3 is 15.1 Å². The first kappa shape index (κ1) is 26.4. The maximum atomic E-state index is 13.6. The van der Waals surface area contributed by atoms with Crippen molar-refractivity contribution in [2.45, 2.75) is 76.8 Å². The Labute approximate surface area is 217 Å². The summed E-state index contributed by atoms with van der Waals surface area (Å²) in [7, 11) is 0. The Kier molecular flexibility index (Phi) is 9.19. The Hall–Kier alpha value is -2.66. The van der Waals surface area contributed by atoms with Gasteiger partial charge in [0.15, 0.2) is 0 Å². The van der Waals surface area contributed by atoms with Crippen LogP contribution in [0.2, 0.25) is 0 Å². The second-order valence-electron chi connectivity index (χ2n) is 11.1. The van der Waals surface area contributed by atoms with Gasteiger partial charge in [-0.1, -0.05) is 80.9 Å². The van der Waals surface area contributed by atoms with Gasteiger partial charge in [-0.15, -0.1) is 0 Å². The van der Waals surface area contributed by atoms with Crippen LogP contribution in [0.25, 0.3) is 0 Å². The first-order chi connectivity index (χ1) is 17.5. The minimum absolute atomic E-state index is 0.0586. The fraction of sp³-hybridized carbons (Fsp3) is 0.548. The molecule has 0 aliphatic carbocycles. The zero-order valence-electron chi connectivity index (χ0n) is 22.1. The summed E-state index contributed by atoms with van der Waals surface area (Å²) in [5, 5.41) is 3.13. The predicted molar refractivity (Wildman–Crippen MR) is 146 cm³/mol. The molecule has 36 heavy (non-hydrogen) atoms. The fourth-order valence-corrected chi connectivity index (χ4v) is 5.85. The van der Waals surface area contributed by atoms with Gasteiger partial charge in [0.05, 0.1) is 0 Å². The summed E-state index contributed by atoms with van der Waals surface area (Å²) in [4.78, 5) is 31.6. The first-order valence-corrected chi connectivity index (χ1v) is 13.9. The van der Waals surface area contributed by atoms with Gasteiger partial charge in [0.25, 0.3) is 0 Å². The number of amides is 2. The summed E-state index contributed by atoms with van der Waals surface area (Å²) in [6, 6.07) is 20.6. The minimum atomic E-state index is -0.705. The summed E-state index contributed by atoms with van der Waals surface area (Å²) in [5.74, 6) is 0.518. The second kappa shape index (κ2) is 12.5. The van der Waals surface area contributed by atoms with Crippen LogP contribution in [-0.4, -0.2) is 59.4 Å². The Balaban J connectivity index is 1.33. The second-order valence-corrected chi connectivity index (χ2v) is 11.1. The standard InChI is InChI=1S/C31H43N3O2/c1-25(2)24-28-29(35)34(21-17-27-15-8-4-9-16-27)31(30(36)32-28)18-22-33(23-19-31)20-11-5-10-14-26-12-6-3-7-13-26/h3-4,6-9,12-13,15-16,25,28H,5,10-11,14,17-24H2,1-2H3,(H,32,36). The van der Waals surface area contributed by atoms with Crippen molar-refractivity contribution in [3.8, 4) is 0 Å². The molecule has 1 N–H and O–H groups in total. The van der Waals surface area contributed by atoms with Crippen LogP contribution in [0.1, 0.15) is 63.5 Å². The minimum Gasteiger partial charge on any atom is -0.342 e. The molecule has 2 aromatic carbocycles. The number of nitrogens with one attached hydrogen (secondary N) is 1. The van der Waals surface area contributed by atoms with Crippen LogP contribution in [0.4, 0.5) is 0 Å². The number of aryl methyl sites for hydroxylation is 1. The highest BCUT2D eigenvalue weighted by molar-refractivity contribution is 6.00. The van der Waals surface area contributed by atoms with Gasteiger partial charge in [-0.2, -0.15) is 0 Å². The molecule has 0 bridgehead atoms. The quantitative estimate of drug-likeness (QED) is 0.459. The largest absolute Gasteiger partial charge is 0.342 e. The Morgan fingerprint density at radius 2 is 1.44 bits per heavy atom. The Morgan fingerprint density at radius 1 is 0.833 bits per heavy atom. The van der Waals surface area contributed by atoms with E-state index in [-0.39, 0.29) is 11.8 Å². The van der Waals surface area contributed by atoms with E-state index in [2.05, 4.69) is 66.5 Å². The number of hydrogen-bond donors (Lipinski definition) is 1. The van der Waals surface area contributed by atoms with Crippen LogP contribution in [0.5, 0.6) is 0 Å². The molecule has 0 saturated carbocycles. The number of carbonyl (C=O) groups is 2. The molecule has 2 heterocycles. The van der Waals surface area contributed by atoms with E-state index >= 15 is 0 Å². The molecule has 2 saturated heterocycles. The maximum absolute atomic E-state index is 13.6. The average Bonchev–Trinajstić information content (AvgIpc) is 2.89. The van der Waals surface area contributed by atoms with Gasteiger partial charge in [-0.05, 0) is 68.5 Å². The molecule has 5 heteroatoms. The number of unbranched alkanes of at least 4 members (excludes halogenated alkanes) is 2. The first-order valence-electron chi connectivity index (χ1n) is 13.9. The fourth-order valence-electron chi connectivity index (χ4n) is 5.85. The van der Waals surface area contributed by atoms with Crippen molar-refractivity contribution >= 4 is 11.8 Å². The van der Waals surface area contributed by atoms with Crippen molar-refractivity contribution in [1.82, 2.24) is 15.1 Å². The van der Waals surface area contributed by atoms with Crippen LogP contribution in [0, 0.1) is 5.92 Å². The third-order valence-electron chi connectivity index (χ3n) is 7.95. The van der Waals surface area contributed by atoms with Gasteiger partial charge in [0.2, 0.25) is 11.8 Å². The molecular formula is C31H43N3O2. The smallest absolute Gasteiger partial charge is 0.246 e. The average molecular weight is 490 g/mol. The normalized spacial score (nSPS) is 20.2. The summed E-state index contributed by atoms with van der Waals surface area (Å²) in [6.45, 7) is 7.63. The highest BCUT2D eigenvalue weighted by Crippen LogP contribution is 2.34. The zero-order chi connectivity index (χ0) is 25.4. The zero-order valence-corrected chi connectivity index (χ0v) is 22.1. The van der Waals surface area contributed by atoms with Gasteiger partial charge in [0, 0.05) is 19.6 Å². The van der Waals surface area contributed by atoms with E-state index in [4.69, 9.17) is 0 Å². The molecule has 2 aliphatic heterocycles. The van der Waals surface area contributed by atoms with Crippen LogP contribution >= 0.6 is 0 Å². The van der Waals surface area contributed by atoms with E-state index in [0.29, 0.717) is 18.9 Å². The summed E-state index contributed by atoms with van der Waals surface area (Å²) < 4.78 is 0. The SMILES string of the molecule is CC(C)CC1NC(=O)C2(CCN(CCCCCc3ccccc3)CC2)N(CCc2ccccc2)C1=O. The van der Waals surface area contributed by atoms with Crippen molar-refractivity contribution < 1.29 is 9.59 Å². The molecule has 1 spiro atoms. The van der Waals surface area contributed by atoms with Gasteiger partial charge >= 0.3 is 0 Å². The van der Waals surface area contributed by atoms with Crippen LogP contribution in [-0.2, 0) is 22.4 Å². The lowest BCUT2D eigenvalue weighted by atomic mass is 9.80. The maximum Gasteiger partial charge on any atom is 0.246 e. The van der Waals surface area contributed by atoms with E-state index in [1.807, 2.05) is 23.1 Å². The van der Waals surface area contributed by atoms with Crippen molar-refractivity contribution in [2.24, 2.45) is 5.92 Å². The van der Waals surface area contributed by atoms with Crippen molar-refractivity contribution in [3.63, 3.8) is 0 Å². The number of hydrogen-bond acceptors (Lipinski definition) is 3. The number of rotatable bonds is 11. The Morgan fingerprint density at radius 3 is 2.06 bits per heavy atom. The highest BCUT2D eigenvalue weighted by Gasteiger charge is 2.53. The molecule has 5 nitrogen and oxygen atoms in total. The molecule has 2 aromatic rings. The summed E-state index contributed by atoms with van der Waals surface area (Å²) in [5.41, 5.74) is 1.92. The van der Waals surface area contributed by atoms with Gasteiger partial charge in [-0.25, -0.2) is 0 Å².